The van der Waals surface area contributed by atoms with E-state index in [1.165, 1.54) is 16.2 Å². The van der Waals surface area contributed by atoms with E-state index in [2.05, 4.69) is 181 Å². The van der Waals surface area contributed by atoms with E-state index in [4.69, 9.17) is 14.4 Å². The highest BCUT2D eigenvalue weighted by Crippen LogP contribution is 2.44. The van der Waals surface area contributed by atoms with Crippen molar-refractivity contribution in [3.63, 3.8) is 0 Å². The van der Waals surface area contributed by atoms with Crippen LogP contribution in [-0.4, -0.2) is 9.97 Å². The van der Waals surface area contributed by atoms with Gasteiger partial charge in [-0.1, -0.05) is 152 Å². The van der Waals surface area contributed by atoms with Crippen molar-refractivity contribution in [2.45, 2.75) is 0 Å². The Morgan fingerprint density at radius 1 is 0.362 bits per heavy atom. The molecule has 0 atom stereocenters. The van der Waals surface area contributed by atoms with Crippen molar-refractivity contribution in [1.82, 2.24) is 9.97 Å². The molecule has 0 N–H and O–H groups in total. The predicted molar refractivity (Wildman–Crippen MR) is 241 cm³/mol. The molecular formula is C54H35N3O. The first-order valence-electron chi connectivity index (χ1n) is 19.6. The van der Waals surface area contributed by atoms with E-state index in [1.54, 1.807) is 0 Å². The first kappa shape index (κ1) is 33.5. The summed E-state index contributed by atoms with van der Waals surface area (Å²) < 4.78 is 6.77. The molecule has 0 radical (unpaired) electrons. The van der Waals surface area contributed by atoms with Crippen LogP contribution in [0.3, 0.4) is 0 Å². The van der Waals surface area contributed by atoms with Gasteiger partial charge in [-0.25, -0.2) is 9.97 Å². The van der Waals surface area contributed by atoms with Crippen LogP contribution in [0.5, 0.6) is 0 Å². The van der Waals surface area contributed by atoms with Crippen molar-refractivity contribution in [1.29, 1.82) is 0 Å². The number of anilines is 3. The van der Waals surface area contributed by atoms with E-state index in [0.717, 1.165) is 83.6 Å². The molecule has 0 aliphatic heterocycles. The molecular weight excluding hydrogens is 707 g/mol. The third kappa shape index (κ3) is 5.96. The predicted octanol–water partition coefficient (Wildman–Crippen LogP) is 14.8. The highest BCUT2D eigenvalue weighted by molar-refractivity contribution is 6.16. The SMILES string of the molecule is c1ccc(-c2cc(-c3ccccc3)nc(-c3cc(-c4ccc(N(c5ccccc5)c5cccc6ccccc56)cc4)c4c(c3)oc3cc5ccccc5cc34)n2)cc1. The zero-order valence-corrected chi connectivity index (χ0v) is 31.5. The molecule has 0 bridgehead atoms. The first-order chi connectivity index (χ1) is 28.7. The van der Waals surface area contributed by atoms with Gasteiger partial charge in [0.1, 0.15) is 11.2 Å². The van der Waals surface area contributed by atoms with Crippen LogP contribution in [0, 0.1) is 0 Å². The van der Waals surface area contributed by atoms with Crippen LogP contribution in [0.2, 0.25) is 0 Å². The van der Waals surface area contributed by atoms with E-state index >= 15 is 0 Å². The lowest BCUT2D eigenvalue weighted by atomic mass is 9.95. The fourth-order valence-corrected chi connectivity index (χ4v) is 8.24. The summed E-state index contributed by atoms with van der Waals surface area (Å²) in [6, 6.07) is 74.5. The van der Waals surface area contributed by atoms with E-state index in [0.29, 0.717) is 5.82 Å². The lowest BCUT2D eigenvalue weighted by Crippen LogP contribution is -2.10. The van der Waals surface area contributed by atoms with Crippen molar-refractivity contribution in [2.24, 2.45) is 0 Å². The van der Waals surface area contributed by atoms with Gasteiger partial charge in [0, 0.05) is 44.2 Å². The van der Waals surface area contributed by atoms with Gasteiger partial charge >= 0.3 is 0 Å². The van der Waals surface area contributed by atoms with Crippen LogP contribution in [0.25, 0.3) is 88.5 Å². The Bertz CT molecular complexity index is 3200. The second kappa shape index (κ2) is 14.0. The number of hydrogen-bond acceptors (Lipinski definition) is 4. The van der Waals surface area contributed by atoms with Crippen molar-refractivity contribution >= 4 is 60.5 Å². The fourth-order valence-electron chi connectivity index (χ4n) is 8.24. The minimum absolute atomic E-state index is 0.636. The number of fused-ring (bicyclic) bond motifs is 5. The van der Waals surface area contributed by atoms with Gasteiger partial charge in [0.05, 0.1) is 17.1 Å². The molecule has 11 rings (SSSR count). The highest BCUT2D eigenvalue weighted by atomic mass is 16.3. The van der Waals surface area contributed by atoms with Gasteiger partial charge < -0.3 is 9.32 Å². The summed E-state index contributed by atoms with van der Waals surface area (Å²) in [4.78, 5) is 12.8. The van der Waals surface area contributed by atoms with Crippen LogP contribution in [0.4, 0.5) is 17.1 Å². The molecule has 2 heterocycles. The van der Waals surface area contributed by atoms with Gasteiger partial charge in [-0.15, -0.1) is 0 Å². The second-order valence-electron chi connectivity index (χ2n) is 14.6. The van der Waals surface area contributed by atoms with Crippen molar-refractivity contribution in [3.05, 3.63) is 212 Å². The highest BCUT2D eigenvalue weighted by Gasteiger charge is 2.20. The van der Waals surface area contributed by atoms with Crippen molar-refractivity contribution < 1.29 is 4.42 Å². The summed E-state index contributed by atoms with van der Waals surface area (Å²) in [6.07, 6.45) is 0. The molecule has 0 saturated carbocycles. The number of aromatic nitrogens is 2. The van der Waals surface area contributed by atoms with Gasteiger partial charge in [0.25, 0.3) is 0 Å². The molecule has 11 aromatic rings. The number of nitrogens with zero attached hydrogens (tertiary/aromatic N) is 3. The van der Waals surface area contributed by atoms with Gasteiger partial charge in [0.15, 0.2) is 5.82 Å². The topological polar surface area (TPSA) is 42.2 Å². The first-order valence-corrected chi connectivity index (χ1v) is 19.6. The van der Waals surface area contributed by atoms with E-state index in [9.17, 15) is 0 Å². The van der Waals surface area contributed by atoms with Crippen LogP contribution in [-0.2, 0) is 0 Å². The van der Waals surface area contributed by atoms with Crippen LogP contribution in [0.15, 0.2) is 217 Å². The molecule has 0 unspecified atom stereocenters. The summed E-state index contributed by atoms with van der Waals surface area (Å²) in [7, 11) is 0. The molecule has 0 aliphatic carbocycles. The molecule has 4 heteroatoms. The number of rotatable bonds is 7. The second-order valence-corrected chi connectivity index (χ2v) is 14.6. The molecule has 2 aromatic heterocycles. The van der Waals surface area contributed by atoms with E-state index in [1.807, 2.05) is 36.4 Å². The van der Waals surface area contributed by atoms with Crippen molar-refractivity contribution in [2.75, 3.05) is 4.90 Å². The number of para-hydroxylation sites is 1. The minimum atomic E-state index is 0.636. The maximum Gasteiger partial charge on any atom is 0.160 e. The Morgan fingerprint density at radius 2 is 0.931 bits per heavy atom. The smallest absolute Gasteiger partial charge is 0.160 e. The monoisotopic (exact) mass is 741 g/mol. The number of furan rings is 1. The lowest BCUT2D eigenvalue weighted by Gasteiger charge is -2.27. The maximum atomic E-state index is 6.77. The molecule has 272 valence electrons. The van der Waals surface area contributed by atoms with Crippen LogP contribution in [0.1, 0.15) is 0 Å². The summed E-state index contributed by atoms with van der Waals surface area (Å²) in [6.45, 7) is 0. The molecule has 0 aliphatic rings. The normalized spacial score (nSPS) is 11.4. The quantitative estimate of drug-likeness (QED) is 0.163. The van der Waals surface area contributed by atoms with Gasteiger partial charge in [-0.2, -0.15) is 0 Å². The lowest BCUT2D eigenvalue weighted by molar-refractivity contribution is 0.669. The summed E-state index contributed by atoms with van der Waals surface area (Å²) in [5, 5.41) is 6.84. The Morgan fingerprint density at radius 3 is 1.62 bits per heavy atom. The van der Waals surface area contributed by atoms with Crippen LogP contribution >= 0.6 is 0 Å². The maximum absolute atomic E-state index is 6.77. The molecule has 9 aromatic carbocycles. The third-order valence-electron chi connectivity index (χ3n) is 11.0. The Balaban J connectivity index is 1.12. The van der Waals surface area contributed by atoms with E-state index in [-0.39, 0.29) is 0 Å². The molecule has 0 fully saturated rings. The third-order valence-corrected chi connectivity index (χ3v) is 11.0. The summed E-state index contributed by atoms with van der Waals surface area (Å²) in [5.41, 5.74) is 11.7. The summed E-state index contributed by atoms with van der Waals surface area (Å²) in [5.74, 6) is 0.636. The number of hydrogen-bond donors (Lipinski definition) is 0. The van der Waals surface area contributed by atoms with Crippen molar-refractivity contribution in [3.8, 4) is 45.0 Å². The Kier molecular flexibility index (Phi) is 8.11. The Hall–Kier alpha value is -7.82. The fraction of sp³-hybridized carbons (Fsp3) is 0. The standard InChI is InChI=1S/C54H35N3O/c1-4-16-38(17-5-1)48-35-49(39-18-6-2-7-19-39)56-54(55-48)42-32-46(53-47-31-40-20-10-11-21-41(40)33-51(47)58-52(53)34-42)37-27-29-44(30-28-37)57(43-23-8-3-9-24-43)50-26-14-22-36-15-12-13-25-45(36)50/h1-35H. The minimum Gasteiger partial charge on any atom is -0.456 e. The van der Waals surface area contributed by atoms with Gasteiger partial charge in [-0.3, -0.25) is 0 Å². The average molecular weight is 742 g/mol. The molecule has 0 amide bonds. The molecule has 0 saturated heterocycles. The average Bonchev–Trinajstić information content (AvgIpc) is 3.66. The largest absolute Gasteiger partial charge is 0.456 e. The Labute approximate surface area is 335 Å². The summed E-state index contributed by atoms with van der Waals surface area (Å²) >= 11 is 0. The van der Waals surface area contributed by atoms with Crippen LogP contribution < -0.4 is 4.90 Å². The zero-order chi connectivity index (χ0) is 38.4. The zero-order valence-electron chi connectivity index (χ0n) is 31.5. The molecule has 4 nitrogen and oxygen atoms in total. The molecule has 0 spiro atoms. The van der Waals surface area contributed by atoms with Gasteiger partial charge in [-0.05, 0) is 87.9 Å². The number of benzene rings is 9. The van der Waals surface area contributed by atoms with Gasteiger partial charge in [0.2, 0.25) is 0 Å². The molecule has 58 heavy (non-hydrogen) atoms. The van der Waals surface area contributed by atoms with E-state index < -0.39 is 0 Å².